The van der Waals surface area contributed by atoms with E-state index in [1.165, 1.54) is 20.2 Å². The topological polar surface area (TPSA) is 101 Å². The fraction of sp³-hybridized carbons (Fsp3) is 0.400. The molecule has 0 bridgehead atoms. The van der Waals surface area contributed by atoms with Crippen LogP contribution in [0.2, 0.25) is 5.02 Å². The molecule has 0 aromatic carbocycles. The number of aromatic nitrogens is 2. The summed E-state index contributed by atoms with van der Waals surface area (Å²) in [5, 5.41) is 12.0. The highest BCUT2D eigenvalue weighted by Gasteiger charge is 2.19. The van der Waals surface area contributed by atoms with Crippen molar-refractivity contribution in [2.24, 2.45) is 0 Å². The first-order chi connectivity index (χ1) is 8.93. The van der Waals surface area contributed by atoms with Crippen LogP contribution in [-0.4, -0.2) is 45.9 Å². The van der Waals surface area contributed by atoms with E-state index >= 15 is 0 Å². The average Bonchev–Trinajstić information content (AvgIpc) is 2.35. The third kappa shape index (κ3) is 4.92. The molecule has 7 nitrogen and oxygen atoms in total. The van der Waals surface area contributed by atoms with E-state index in [0.717, 1.165) is 11.8 Å². The van der Waals surface area contributed by atoms with Crippen molar-refractivity contribution < 1.29 is 19.4 Å². The van der Waals surface area contributed by atoms with Crippen LogP contribution in [0.4, 0.5) is 0 Å². The molecule has 1 rings (SSSR count). The van der Waals surface area contributed by atoms with Gasteiger partial charge in [-0.2, -0.15) is 4.98 Å². The summed E-state index contributed by atoms with van der Waals surface area (Å²) in [6.07, 6.45) is 1.36. The molecular formula is C10H12ClN3O4S. The van der Waals surface area contributed by atoms with Crippen LogP contribution in [-0.2, 0) is 9.59 Å². The Morgan fingerprint density at radius 1 is 1.63 bits per heavy atom. The molecule has 0 aliphatic rings. The van der Waals surface area contributed by atoms with E-state index in [4.69, 9.17) is 21.4 Å². The third-order valence-electron chi connectivity index (χ3n) is 1.93. The number of nitrogens with one attached hydrogen (secondary N) is 1. The first-order valence-electron chi connectivity index (χ1n) is 5.13. The molecule has 0 spiro atoms. The zero-order chi connectivity index (χ0) is 14.4. The maximum Gasteiger partial charge on any atom is 0.327 e. The van der Waals surface area contributed by atoms with Gasteiger partial charge in [0.25, 0.3) is 0 Å². The number of thioether (sulfide) groups is 1. The van der Waals surface area contributed by atoms with E-state index in [-0.39, 0.29) is 16.8 Å². The molecule has 0 saturated heterocycles. The van der Waals surface area contributed by atoms with Crippen LogP contribution in [0.1, 0.15) is 6.92 Å². The number of carbonyl (C=O) groups excluding carboxylic acids is 1. The fourth-order valence-corrected chi connectivity index (χ4v) is 2.26. The number of nitrogens with zero attached hydrogens (tertiary/aromatic N) is 2. The van der Waals surface area contributed by atoms with Gasteiger partial charge in [-0.15, -0.1) is 11.8 Å². The van der Waals surface area contributed by atoms with Gasteiger partial charge in [0, 0.05) is 12.7 Å². The first kappa shape index (κ1) is 15.5. The van der Waals surface area contributed by atoms with Gasteiger partial charge in [0.1, 0.15) is 11.1 Å². The Morgan fingerprint density at radius 2 is 2.32 bits per heavy atom. The molecule has 0 fully saturated rings. The van der Waals surface area contributed by atoms with Crippen molar-refractivity contribution in [1.29, 1.82) is 0 Å². The highest BCUT2D eigenvalue weighted by molar-refractivity contribution is 7.99. The minimum absolute atomic E-state index is 0.0921. The number of hydrogen-bond acceptors (Lipinski definition) is 6. The SMILES string of the molecule is COc1ncc(Cl)c(SCC(NC(C)=O)C(=O)O)n1. The average molecular weight is 306 g/mol. The number of methoxy groups -OCH3 is 1. The van der Waals surface area contributed by atoms with Crippen LogP contribution in [0.25, 0.3) is 0 Å². The molecule has 1 heterocycles. The van der Waals surface area contributed by atoms with Crippen molar-refractivity contribution in [1.82, 2.24) is 15.3 Å². The van der Waals surface area contributed by atoms with Crippen molar-refractivity contribution in [2.75, 3.05) is 12.9 Å². The molecule has 0 saturated carbocycles. The number of carboxylic acids is 1. The normalized spacial score (nSPS) is 11.7. The summed E-state index contributed by atoms with van der Waals surface area (Å²) in [5.41, 5.74) is 0. The third-order valence-corrected chi connectivity index (χ3v) is 3.41. The summed E-state index contributed by atoms with van der Waals surface area (Å²) in [5.74, 6) is -1.45. The van der Waals surface area contributed by atoms with Crippen LogP contribution >= 0.6 is 23.4 Å². The number of rotatable bonds is 6. The van der Waals surface area contributed by atoms with Crippen molar-refractivity contribution in [3.63, 3.8) is 0 Å². The molecule has 1 atom stereocenters. The van der Waals surface area contributed by atoms with Gasteiger partial charge in [-0.05, 0) is 0 Å². The Morgan fingerprint density at radius 3 is 2.84 bits per heavy atom. The first-order valence-corrected chi connectivity index (χ1v) is 6.49. The van der Waals surface area contributed by atoms with Crippen LogP contribution in [0.5, 0.6) is 6.01 Å². The molecule has 0 aliphatic heterocycles. The van der Waals surface area contributed by atoms with Gasteiger partial charge >= 0.3 is 12.0 Å². The largest absolute Gasteiger partial charge is 0.480 e. The minimum atomic E-state index is -1.13. The molecule has 9 heteroatoms. The van der Waals surface area contributed by atoms with Crippen molar-refractivity contribution in [3.8, 4) is 6.01 Å². The Balaban J connectivity index is 2.73. The highest BCUT2D eigenvalue weighted by Crippen LogP contribution is 2.26. The molecule has 1 unspecified atom stereocenters. The summed E-state index contributed by atoms with van der Waals surface area (Å²) in [6.45, 7) is 1.25. The Labute approximate surface area is 118 Å². The van der Waals surface area contributed by atoms with Gasteiger partial charge in [-0.3, -0.25) is 4.79 Å². The van der Waals surface area contributed by atoms with E-state index in [2.05, 4.69) is 15.3 Å². The van der Waals surface area contributed by atoms with Crippen LogP contribution in [0.3, 0.4) is 0 Å². The standard InChI is InChI=1S/C10H12ClN3O4S/c1-5(15)13-7(9(16)17)4-19-8-6(11)3-12-10(14-8)18-2/h3,7H,4H2,1-2H3,(H,13,15)(H,16,17). The zero-order valence-electron chi connectivity index (χ0n) is 10.2. The maximum absolute atomic E-state index is 10.9. The van der Waals surface area contributed by atoms with Gasteiger partial charge in [-0.25, -0.2) is 9.78 Å². The van der Waals surface area contributed by atoms with E-state index in [1.807, 2.05) is 0 Å². The number of halogens is 1. The Kier molecular flexibility index (Phi) is 5.84. The van der Waals surface area contributed by atoms with Crippen LogP contribution in [0, 0.1) is 0 Å². The highest BCUT2D eigenvalue weighted by atomic mass is 35.5. The van der Waals surface area contributed by atoms with E-state index in [9.17, 15) is 9.59 Å². The number of carboxylic acid groups (broad SMARTS) is 1. The second kappa shape index (κ2) is 7.15. The van der Waals surface area contributed by atoms with Crippen LogP contribution < -0.4 is 10.1 Å². The van der Waals surface area contributed by atoms with E-state index in [1.54, 1.807) is 0 Å². The maximum atomic E-state index is 10.9. The van der Waals surface area contributed by atoms with Gasteiger partial charge < -0.3 is 15.2 Å². The summed E-state index contributed by atoms with van der Waals surface area (Å²) in [4.78, 5) is 29.6. The second-order valence-electron chi connectivity index (χ2n) is 3.41. The molecule has 1 amide bonds. The molecule has 1 aromatic heterocycles. The lowest BCUT2D eigenvalue weighted by atomic mass is 10.3. The predicted molar refractivity (Wildman–Crippen MR) is 69.6 cm³/mol. The molecule has 1 aromatic rings. The van der Waals surface area contributed by atoms with Gasteiger partial charge in [0.2, 0.25) is 5.91 Å². The van der Waals surface area contributed by atoms with Gasteiger partial charge in [0.15, 0.2) is 0 Å². The minimum Gasteiger partial charge on any atom is -0.480 e. The summed E-state index contributed by atoms with van der Waals surface area (Å²) < 4.78 is 4.85. The molecule has 104 valence electrons. The molecule has 2 N–H and O–H groups in total. The van der Waals surface area contributed by atoms with Crippen LogP contribution in [0.15, 0.2) is 11.2 Å². The fourth-order valence-electron chi connectivity index (χ4n) is 1.12. The van der Waals surface area contributed by atoms with E-state index < -0.39 is 17.9 Å². The lowest BCUT2D eigenvalue weighted by Crippen LogP contribution is -2.41. The summed E-state index contributed by atoms with van der Waals surface area (Å²) >= 11 is 6.98. The summed E-state index contributed by atoms with van der Waals surface area (Å²) in [6, 6.07) is -0.877. The molecular weight excluding hydrogens is 294 g/mol. The molecule has 19 heavy (non-hydrogen) atoms. The lowest BCUT2D eigenvalue weighted by molar-refractivity contribution is -0.140. The Hall–Kier alpha value is -1.54. The monoisotopic (exact) mass is 305 g/mol. The molecule has 0 aliphatic carbocycles. The van der Waals surface area contributed by atoms with Crippen molar-refractivity contribution >= 4 is 35.2 Å². The van der Waals surface area contributed by atoms with Gasteiger partial charge in [-0.1, -0.05) is 11.6 Å². The number of hydrogen-bond donors (Lipinski definition) is 2. The Bertz CT molecular complexity index is 486. The van der Waals surface area contributed by atoms with Gasteiger partial charge in [0.05, 0.1) is 18.3 Å². The smallest absolute Gasteiger partial charge is 0.327 e. The number of amides is 1. The number of aliphatic carboxylic acids is 1. The van der Waals surface area contributed by atoms with Crippen molar-refractivity contribution in [3.05, 3.63) is 11.2 Å². The predicted octanol–water partition coefficient (Wildman–Crippen LogP) is 0.820. The van der Waals surface area contributed by atoms with Crippen molar-refractivity contribution in [2.45, 2.75) is 18.0 Å². The zero-order valence-corrected chi connectivity index (χ0v) is 11.8. The molecule has 0 radical (unpaired) electrons. The summed E-state index contributed by atoms with van der Waals surface area (Å²) in [7, 11) is 1.41. The number of ether oxygens (including phenoxy) is 1. The quantitative estimate of drug-likeness (QED) is 0.592. The second-order valence-corrected chi connectivity index (χ2v) is 4.83. The number of carbonyl (C=O) groups is 2. The lowest BCUT2D eigenvalue weighted by Gasteiger charge is -2.12. The van der Waals surface area contributed by atoms with E-state index in [0.29, 0.717) is 5.03 Å².